The minimum Gasteiger partial charge on any atom is -0.394 e. The molecule has 14 heavy (non-hydrogen) atoms. The number of aliphatic hydroxyl groups is 3. The van der Waals surface area contributed by atoms with Crippen molar-refractivity contribution in [2.24, 2.45) is 0 Å². The van der Waals surface area contributed by atoms with Gasteiger partial charge in [-0.15, -0.1) is 0 Å². The van der Waals surface area contributed by atoms with E-state index in [1.165, 1.54) is 14.2 Å². The molecule has 6 heteroatoms. The highest BCUT2D eigenvalue weighted by Crippen LogP contribution is 2.23. The van der Waals surface area contributed by atoms with Gasteiger partial charge in [0.15, 0.2) is 6.29 Å². The highest BCUT2D eigenvalue weighted by Gasteiger charge is 2.44. The normalized spacial score (nSPS) is 43.9. The summed E-state index contributed by atoms with van der Waals surface area (Å²) in [5, 5.41) is 27.9. The van der Waals surface area contributed by atoms with Gasteiger partial charge in [-0.2, -0.15) is 0 Å². The van der Waals surface area contributed by atoms with Gasteiger partial charge in [-0.25, -0.2) is 0 Å². The van der Waals surface area contributed by atoms with Crippen LogP contribution in [0.1, 0.15) is 0 Å². The zero-order valence-corrected chi connectivity index (χ0v) is 8.16. The average Bonchev–Trinajstić information content (AvgIpc) is 2.20. The lowest BCUT2D eigenvalue weighted by Crippen LogP contribution is -2.59. The predicted molar refractivity (Wildman–Crippen MR) is 45.6 cm³/mol. The largest absolute Gasteiger partial charge is 0.394 e. The predicted octanol–water partition coefficient (Wildman–Crippen LogP) is -1.91. The third kappa shape index (κ3) is 2.05. The van der Waals surface area contributed by atoms with Crippen molar-refractivity contribution in [1.82, 2.24) is 0 Å². The Kier molecular flexibility index (Phi) is 4.24. The fraction of sp³-hybridized carbons (Fsp3) is 1.00. The van der Waals surface area contributed by atoms with Crippen LogP contribution in [0.15, 0.2) is 0 Å². The first-order chi connectivity index (χ1) is 6.65. The highest BCUT2D eigenvalue weighted by atomic mass is 16.7. The van der Waals surface area contributed by atoms with E-state index in [1.807, 2.05) is 0 Å². The summed E-state index contributed by atoms with van der Waals surface area (Å²) in [5.41, 5.74) is 0. The molecule has 0 bridgehead atoms. The van der Waals surface area contributed by atoms with Gasteiger partial charge in [0.2, 0.25) is 0 Å². The Balaban J connectivity index is 2.73. The molecule has 1 saturated heterocycles. The van der Waals surface area contributed by atoms with Gasteiger partial charge in [0.05, 0.1) is 6.61 Å². The van der Waals surface area contributed by atoms with E-state index in [4.69, 9.17) is 19.3 Å². The lowest BCUT2D eigenvalue weighted by Gasteiger charge is -2.40. The van der Waals surface area contributed by atoms with Crippen molar-refractivity contribution < 1.29 is 29.5 Å². The van der Waals surface area contributed by atoms with Crippen molar-refractivity contribution in [3.05, 3.63) is 0 Å². The number of hydrogen-bond donors (Lipinski definition) is 3. The fourth-order valence-electron chi connectivity index (χ4n) is 1.58. The minimum atomic E-state index is -1.20. The SMILES string of the molecule is CO[C@H]1[C@H](O)[C@@H](CO)OC(O)[C@@H]1OC. The molecular weight excluding hydrogens is 192 g/mol. The molecule has 0 aromatic rings. The summed E-state index contributed by atoms with van der Waals surface area (Å²) in [5.74, 6) is 0. The van der Waals surface area contributed by atoms with Gasteiger partial charge in [-0.3, -0.25) is 0 Å². The van der Waals surface area contributed by atoms with Gasteiger partial charge in [0.25, 0.3) is 0 Å². The second kappa shape index (κ2) is 5.01. The second-order valence-electron chi connectivity index (χ2n) is 3.14. The van der Waals surface area contributed by atoms with E-state index in [0.717, 1.165) is 0 Å². The topological polar surface area (TPSA) is 88.4 Å². The summed E-state index contributed by atoms with van der Waals surface area (Å²) in [6.07, 6.45) is -4.52. The first kappa shape index (κ1) is 11.8. The molecule has 1 fully saturated rings. The average molecular weight is 208 g/mol. The van der Waals surface area contributed by atoms with Crippen molar-refractivity contribution in [1.29, 1.82) is 0 Å². The highest BCUT2D eigenvalue weighted by molar-refractivity contribution is 4.90. The first-order valence-electron chi connectivity index (χ1n) is 4.33. The van der Waals surface area contributed by atoms with Crippen LogP contribution >= 0.6 is 0 Å². The van der Waals surface area contributed by atoms with Crippen molar-refractivity contribution in [3.63, 3.8) is 0 Å². The molecule has 1 heterocycles. The van der Waals surface area contributed by atoms with Gasteiger partial charge >= 0.3 is 0 Å². The summed E-state index contributed by atoms with van der Waals surface area (Å²) in [6.45, 7) is -0.380. The Morgan fingerprint density at radius 2 is 1.71 bits per heavy atom. The molecule has 0 spiro atoms. The molecule has 0 aliphatic carbocycles. The maximum absolute atomic E-state index is 9.65. The second-order valence-corrected chi connectivity index (χ2v) is 3.14. The van der Waals surface area contributed by atoms with Crippen LogP contribution in [0.4, 0.5) is 0 Å². The molecule has 0 radical (unpaired) electrons. The van der Waals surface area contributed by atoms with Crippen molar-refractivity contribution in [3.8, 4) is 0 Å². The van der Waals surface area contributed by atoms with E-state index in [1.54, 1.807) is 0 Å². The molecule has 1 unspecified atom stereocenters. The molecule has 3 N–H and O–H groups in total. The van der Waals surface area contributed by atoms with Crippen molar-refractivity contribution in [2.45, 2.75) is 30.7 Å². The number of methoxy groups -OCH3 is 2. The van der Waals surface area contributed by atoms with Crippen molar-refractivity contribution >= 4 is 0 Å². The van der Waals surface area contributed by atoms with Gasteiger partial charge < -0.3 is 29.5 Å². The third-order valence-corrected chi connectivity index (χ3v) is 2.36. The van der Waals surface area contributed by atoms with E-state index >= 15 is 0 Å². The molecule has 0 saturated carbocycles. The lowest BCUT2D eigenvalue weighted by atomic mass is 9.99. The Morgan fingerprint density at radius 3 is 2.14 bits per heavy atom. The van der Waals surface area contributed by atoms with Gasteiger partial charge in [0.1, 0.15) is 24.4 Å². The molecule has 1 rings (SSSR count). The molecule has 5 atom stereocenters. The number of rotatable bonds is 3. The minimum absolute atomic E-state index is 0.380. The molecule has 1 aliphatic rings. The summed E-state index contributed by atoms with van der Waals surface area (Å²) in [4.78, 5) is 0. The smallest absolute Gasteiger partial charge is 0.184 e. The van der Waals surface area contributed by atoms with Crippen LogP contribution in [0.3, 0.4) is 0 Å². The molecule has 84 valence electrons. The summed E-state index contributed by atoms with van der Waals surface area (Å²) in [6, 6.07) is 0. The standard InChI is InChI=1S/C8H16O6/c1-12-6-5(10)4(3-9)14-8(11)7(6)13-2/h4-11H,3H2,1-2H3/t4-,5-,6+,7-,8?/m1/s1. The van der Waals surface area contributed by atoms with E-state index in [0.29, 0.717) is 0 Å². The number of ether oxygens (including phenoxy) is 3. The molecule has 0 aromatic carbocycles. The van der Waals surface area contributed by atoms with Gasteiger partial charge in [-0.1, -0.05) is 0 Å². The van der Waals surface area contributed by atoms with E-state index in [9.17, 15) is 10.2 Å². The van der Waals surface area contributed by atoms with Crippen LogP contribution in [-0.4, -0.2) is 66.9 Å². The number of aliphatic hydroxyl groups excluding tert-OH is 3. The van der Waals surface area contributed by atoms with Crippen LogP contribution in [0, 0.1) is 0 Å². The van der Waals surface area contributed by atoms with Crippen LogP contribution in [-0.2, 0) is 14.2 Å². The van der Waals surface area contributed by atoms with Crippen molar-refractivity contribution in [2.75, 3.05) is 20.8 Å². The van der Waals surface area contributed by atoms with E-state index in [2.05, 4.69) is 0 Å². The van der Waals surface area contributed by atoms with Gasteiger partial charge in [0, 0.05) is 14.2 Å². The molecule has 0 amide bonds. The molecule has 6 nitrogen and oxygen atoms in total. The fourth-order valence-corrected chi connectivity index (χ4v) is 1.58. The quantitative estimate of drug-likeness (QED) is 0.501. The summed E-state index contributed by atoms with van der Waals surface area (Å²) >= 11 is 0. The summed E-state index contributed by atoms with van der Waals surface area (Å²) in [7, 11) is 2.78. The third-order valence-electron chi connectivity index (χ3n) is 2.36. The summed E-state index contributed by atoms with van der Waals surface area (Å²) < 4.78 is 14.8. The van der Waals surface area contributed by atoms with Crippen LogP contribution in [0.2, 0.25) is 0 Å². The number of hydrogen-bond acceptors (Lipinski definition) is 6. The maximum Gasteiger partial charge on any atom is 0.184 e. The zero-order valence-electron chi connectivity index (χ0n) is 8.16. The monoisotopic (exact) mass is 208 g/mol. The first-order valence-corrected chi connectivity index (χ1v) is 4.33. The van der Waals surface area contributed by atoms with E-state index in [-0.39, 0.29) is 6.61 Å². The molecule has 1 aliphatic heterocycles. The van der Waals surface area contributed by atoms with Crippen LogP contribution in [0.25, 0.3) is 0 Å². The Bertz CT molecular complexity index is 175. The maximum atomic E-state index is 9.65. The van der Waals surface area contributed by atoms with E-state index < -0.39 is 30.7 Å². The lowest BCUT2D eigenvalue weighted by molar-refractivity contribution is -0.295. The molecular formula is C8H16O6. The van der Waals surface area contributed by atoms with Crippen LogP contribution < -0.4 is 0 Å². The molecule has 0 aromatic heterocycles. The Hall–Kier alpha value is -0.240. The van der Waals surface area contributed by atoms with Gasteiger partial charge in [-0.05, 0) is 0 Å². The Morgan fingerprint density at radius 1 is 1.14 bits per heavy atom. The zero-order chi connectivity index (χ0) is 10.7. The van der Waals surface area contributed by atoms with Crippen LogP contribution in [0.5, 0.6) is 0 Å². The Labute approximate surface area is 82.0 Å².